The standard InChI is InChI=1S/C10H17NO6/c1-3-17-9(14)5-4-8(13)11-6-7(12)10(15)16-2/h7,12H,3-6H2,1-2H3,(H,11,13). The Bertz CT molecular complexity index is 278. The smallest absolute Gasteiger partial charge is 0.336 e. The molecule has 0 bridgehead atoms. The largest absolute Gasteiger partial charge is 0.467 e. The predicted octanol–water partition coefficient (Wildman–Crippen LogP) is -1.02. The van der Waals surface area contributed by atoms with E-state index in [0.717, 1.165) is 7.11 Å². The van der Waals surface area contributed by atoms with Crippen molar-refractivity contribution in [2.75, 3.05) is 20.3 Å². The molecule has 0 aliphatic heterocycles. The highest BCUT2D eigenvalue weighted by Crippen LogP contribution is 1.93. The summed E-state index contributed by atoms with van der Waals surface area (Å²) in [7, 11) is 1.13. The van der Waals surface area contributed by atoms with Crippen molar-refractivity contribution in [3.05, 3.63) is 0 Å². The van der Waals surface area contributed by atoms with Gasteiger partial charge in [-0.05, 0) is 6.92 Å². The van der Waals surface area contributed by atoms with Crippen LogP contribution in [0.3, 0.4) is 0 Å². The number of rotatable bonds is 7. The van der Waals surface area contributed by atoms with Crippen LogP contribution in [0.5, 0.6) is 0 Å². The fraction of sp³-hybridized carbons (Fsp3) is 0.700. The van der Waals surface area contributed by atoms with Crippen LogP contribution in [0.4, 0.5) is 0 Å². The molecule has 0 spiro atoms. The van der Waals surface area contributed by atoms with E-state index in [1.807, 2.05) is 0 Å². The van der Waals surface area contributed by atoms with Gasteiger partial charge in [0.25, 0.3) is 0 Å². The van der Waals surface area contributed by atoms with Crippen LogP contribution in [0.25, 0.3) is 0 Å². The van der Waals surface area contributed by atoms with Gasteiger partial charge in [0.15, 0.2) is 6.10 Å². The lowest BCUT2D eigenvalue weighted by molar-refractivity contribution is -0.150. The van der Waals surface area contributed by atoms with Gasteiger partial charge in [0.2, 0.25) is 5.91 Å². The van der Waals surface area contributed by atoms with Gasteiger partial charge in [-0.2, -0.15) is 0 Å². The molecule has 98 valence electrons. The van der Waals surface area contributed by atoms with Crippen molar-refractivity contribution >= 4 is 17.8 Å². The third-order valence-electron chi connectivity index (χ3n) is 1.83. The molecule has 0 saturated carbocycles. The maximum Gasteiger partial charge on any atom is 0.336 e. The fourth-order valence-electron chi connectivity index (χ4n) is 0.967. The number of aliphatic hydroxyl groups excluding tert-OH is 1. The molecule has 7 heteroatoms. The molecule has 1 atom stereocenters. The third kappa shape index (κ3) is 7.29. The molecule has 0 aromatic carbocycles. The van der Waals surface area contributed by atoms with Crippen molar-refractivity contribution in [1.82, 2.24) is 5.32 Å². The number of hydrogen-bond acceptors (Lipinski definition) is 6. The molecule has 0 fully saturated rings. The summed E-state index contributed by atoms with van der Waals surface area (Å²) in [5.74, 6) is -1.73. The molecule has 1 unspecified atom stereocenters. The molecule has 1 amide bonds. The van der Waals surface area contributed by atoms with Crippen LogP contribution in [-0.2, 0) is 23.9 Å². The van der Waals surface area contributed by atoms with Crippen LogP contribution in [-0.4, -0.2) is 49.3 Å². The van der Waals surface area contributed by atoms with E-state index < -0.39 is 23.9 Å². The molecule has 0 rings (SSSR count). The molecule has 7 nitrogen and oxygen atoms in total. The van der Waals surface area contributed by atoms with Gasteiger partial charge in [-0.3, -0.25) is 9.59 Å². The van der Waals surface area contributed by atoms with Crippen LogP contribution in [0.2, 0.25) is 0 Å². The quantitative estimate of drug-likeness (QED) is 0.558. The fourth-order valence-corrected chi connectivity index (χ4v) is 0.967. The second kappa shape index (κ2) is 8.51. The van der Waals surface area contributed by atoms with Crippen LogP contribution in [0.1, 0.15) is 19.8 Å². The highest BCUT2D eigenvalue weighted by molar-refractivity contribution is 5.82. The molecule has 2 N–H and O–H groups in total. The Morgan fingerprint density at radius 3 is 2.47 bits per heavy atom. The zero-order valence-corrected chi connectivity index (χ0v) is 9.89. The number of aliphatic hydroxyl groups is 1. The third-order valence-corrected chi connectivity index (χ3v) is 1.83. The Kier molecular flexibility index (Phi) is 7.70. The Morgan fingerprint density at radius 1 is 1.29 bits per heavy atom. The van der Waals surface area contributed by atoms with E-state index >= 15 is 0 Å². The van der Waals surface area contributed by atoms with E-state index in [-0.39, 0.29) is 26.0 Å². The number of ether oxygens (including phenoxy) is 2. The highest BCUT2D eigenvalue weighted by atomic mass is 16.5. The SMILES string of the molecule is CCOC(=O)CCC(=O)NCC(O)C(=O)OC. The lowest BCUT2D eigenvalue weighted by Gasteiger charge is -2.09. The minimum atomic E-state index is -1.40. The lowest BCUT2D eigenvalue weighted by atomic mass is 10.3. The van der Waals surface area contributed by atoms with Crippen LogP contribution in [0, 0.1) is 0 Å². The second-order valence-corrected chi connectivity index (χ2v) is 3.15. The first-order valence-electron chi connectivity index (χ1n) is 5.19. The average molecular weight is 247 g/mol. The van der Waals surface area contributed by atoms with Gasteiger partial charge >= 0.3 is 11.9 Å². The van der Waals surface area contributed by atoms with Crippen molar-refractivity contribution < 1.29 is 29.0 Å². The summed E-state index contributed by atoms with van der Waals surface area (Å²) < 4.78 is 8.89. The summed E-state index contributed by atoms with van der Waals surface area (Å²) in [6.07, 6.45) is -1.48. The number of amides is 1. The molecular formula is C10H17NO6. The molecular weight excluding hydrogens is 230 g/mol. The number of hydrogen-bond donors (Lipinski definition) is 2. The number of nitrogens with one attached hydrogen (secondary N) is 1. The average Bonchev–Trinajstić information content (AvgIpc) is 2.32. The highest BCUT2D eigenvalue weighted by Gasteiger charge is 2.16. The first kappa shape index (κ1) is 15.4. The van der Waals surface area contributed by atoms with E-state index in [1.54, 1.807) is 6.92 Å². The van der Waals surface area contributed by atoms with Gasteiger partial charge in [-0.25, -0.2) is 4.79 Å². The zero-order valence-electron chi connectivity index (χ0n) is 9.89. The van der Waals surface area contributed by atoms with E-state index in [0.29, 0.717) is 0 Å². The summed E-state index contributed by atoms with van der Waals surface area (Å²) in [4.78, 5) is 32.9. The molecule has 0 aromatic heterocycles. The normalized spacial score (nSPS) is 11.5. The number of esters is 2. The maximum atomic E-state index is 11.2. The van der Waals surface area contributed by atoms with Crippen molar-refractivity contribution in [3.8, 4) is 0 Å². The molecule has 0 aliphatic rings. The number of carbonyl (C=O) groups excluding carboxylic acids is 3. The van der Waals surface area contributed by atoms with E-state index in [2.05, 4.69) is 14.8 Å². The van der Waals surface area contributed by atoms with Crippen molar-refractivity contribution in [3.63, 3.8) is 0 Å². The Labute approximate surface area is 99.1 Å². The minimum absolute atomic E-state index is 0.0337. The summed E-state index contributed by atoms with van der Waals surface area (Å²) in [6.45, 7) is 1.69. The Balaban J connectivity index is 3.73. The summed E-state index contributed by atoms with van der Waals surface area (Å²) in [5, 5.41) is 11.4. The van der Waals surface area contributed by atoms with E-state index in [4.69, 9.17) is 5.11 Å². The first-order valence-corrected chi connectivity index (χ1v) is 5.19. The Hall–Kier alpha value is -1.63. The van der Waals surface area contributed by atoms with Crippen LogP contribution in [0.15, 0.2) is 0 Å². The number of methoxy groups -OCH3 is 1. The Morgan fingerprint density at radius 2 is 1.94 bits per heavy atom. The van der Waals surface area contributed by atoms with Crippen molar-refractivity contribution in [2.45, 2.75) is 25.9 Å². The second-order valence-electron chi connectivity index (χ2n) is 3.15. The molecule has 0 radical (unpaired) electrons. The van der Waals surface area contributed by atoms with Crippen LogP contribution >= 0.6 is 0 Å². The topological polar surface area (TPSA) is 102 Å². The molecule has 17 heavy (non-hydrogen) atoms. The van der Waals surface area contributed by atoms with Gasteiger partial charge in [0, 0.05) is 6.42 Å². The minimum Gasteiger partial charge on any atom is -0.467 e. The van der Waals surface area contributed by atoms with Gasteiger partial charge in [0.1, 0.15) is 0 Å². The predicted molar refractivity (Wildman–Crippen MR) is 56.9 cm³/mol. The summed E-state index contributed by atoms with van der Waals surface area (Å²) in [5.41, 5.74) is 0. The summed E-state index contributed by atoms with van der Waals surface area (Å²) in [6, 6.07) is 0. The summed E-state index contributed by atoms with van der Waals surface area (Å²) >= 11 is 0. The molecule has 0 heterocycles. The van der Waals surface area contributed by atoms with Gasteiger partial charge < -0.3 is 19.9 Å². The van der Waals surface area contributed by atoms with Crippen LogP contribution < -0.4 is 5.32 Å². The molecule has 0 aromatic rings. The van der Waals surface area contributed by atoms with Gasteiger partial charge in [-0.15, -0.1) is 0 Å². The van der Waals surface area contributed by atoms with Gasteiger partial charge in [0.05, 0.1) is 26.7 Å². The van der Waals surface area contributed by atoms with E-state index in [1.165, 1.54) is 0 Å². The van der Waals surface area contributed by atoms with Crippen molar-refractivity contribution in [2.24, 2.45) is 0 Å². The van der Waals surface area contributed by atoms with E-state index in [9.17, 15) is 14.4 Å². The maximum absolute atomic E-state index is 11.2. The van der Waals surface area contributed by atoms with Crippen molar-refractivity contribution in [1.29, 1.82) is 0 Å². The zero-order chi connectivity index (χ0) is 13.3. The monoisotopic (exact) mass is 247 g/mol. The first-order chi connectivity index (χ1) is 8.01. The van der Waals surface area contributed by atoms with Gasteiger partial charge in [-0.1, -0.05) is 0 Å². The number of carbonyl (C=O) groups is 3. The molecule has 0 saturated heterocycles. The molecule has 0 aliphatic carbocycles. The lowest BCUT2D eigenvalue weighted by Crippen LogP contribution is -2.37.